The molecule has 0 radical (unpaired) electrons. The summed E-state index contributed by atoms with van der Waals surface area (Å²) in [6.07, 6.45) is 0. The van der Waals surface area contributed by atoms with Gasteiger partial charge in [-0.2, -0.15) is 0 Å². The quantitative estimate of drug-likeness (QED) is 0.906. The highest BCUT2D eigenvalue weighted by Gasteiger charge is 2.07. The minimum absolute atomic E-state index is 0.732. The SMILES string of the molecule is CNCc1ccc(N(C)Cc2ccc(C)o2)cc1Cl. The number of aryl methyl sites for hydroxylation is 1. The van der Waals surface area contributed by atoms with E-state index in [4.69, 9.17) is 16.0 Å². The van der Waals surface area contributed by atoms with Gasteiger partial charge in [0.1, 0.15) is 11.5 Å². The van der Waals surface area contributed by atoms with Gasteiger partial charge in [0.25, 0.3) is 0 Å². The fourth-order valence-corrected chi connectivity index (χ4v) is 2.24. The molecule has 0 saturated heterocycles. The van der Waals surface area contributed by atoms with Gasteiger partial charge in [0.15, 0.2) is 0 Å². The summed E-state index contributed by atoms with van der Waals surface area (Å²) < 4.78 is 5.58. The van der Waals surface area contributed by atoms with E-state index in [0.717, 1.165) is 40.9 Å². The highest BCUT2D eigenvalue weighted by atomic mass is 35.5. The zero-order valence-electron chi connectivity index (χ0n) is 11.5. The van der Waals surface area contributed by atoms with Crippen molar-refractivity contribution in [2.24, 2.45) is 0 Å². The monoisotopic (exact) mass is 278 g/mol. The van der Waals surface area contributed by atoms with Crippen molar-refractivity contribution in [2.75, 3.05) is 19.0 Å². The Balaban J connectivity index is 2.10. The summed E-state index contributed by atoms with van der Waals surface area (Å²) in [6, 6.07) is 10.1. The molecule has 0 aliphatic carbocycles. The molecule has 0 aliphatic heterocycles. The standard InChI is InChI=1S/C15H19ClN2O/c1-11-4-7-14(19-11)10-18(3)13-6-5-12(9-17-2)15(16)8-13/h4-8,17H,9-10H2,1-3H3. The Kier molecular flexibility index (Phi) is 4.51. The minimum atomic E-state index is 0.732. The van der Waals surface area contributed by atoms with Crippen molar-refractivity contribution in [3.63, 3.8) is 0 Å². The molecule has 1 N–H and O–H groups in total. The number of halogens is 1. The Bertz CT molecular complexity index is 551. The van der Waals surface area contributed by atoms with Gasteiger partial charge in [-0.15, -0.1) is 0 Å². The van der Waals surface area contributed by atoms with E-state index in [1.165, 1.54) is 0 Å². The van der Waals surface area contributed by atoms with Gasteiger partial charge < -0.3 is 14.6 Å². The second-order valence-corrected chi connectivity index (χ2v) is 5.08. The number of rotatable bonds is 5. The Morgan fingerprint density at radius 3 is 2.63 bits per heavy atom. The van der Waals surface area contributed by atoms with Crippen molar-refractivity contribution in [2.45, 2.75) is 20.0 Å². The number of benzene rings is 1. The van der Waals surface area contributed by atoms with Crippen molar-refractivity contribution in [3.8, 4) is 0 Å². The van der Waals surface area contributed by atoms with Gasteiger partial charge in [0.2, 0.25) is 0 Å². The van der Waals surface area contributed by atoms with Crippen molar-refractivity contribution >= 4 is 17.3 Å². The molecule has 102 valence electrons. The van der Waals surface area contributed by atoms with Crippen LogP contribution in [0.2, 0.25) is 5.02 Å². The second kappa shape index (κ2) is 6.13. The summed E-state index contributed by atoms with van der Waals surface area (Å²) in [5.74, 6) is 1.89. The van der Waals surface area contributed by atoms with Crippen molar-refractivity contribution < 1.29 is 4.42 Å². The maximum atomic E-state index is 6.27. The zero-order chi connectivity index (χ0) is 13.8. The largest absolute Gasteiger partial charge is 0.464 e. The van der Waals surface area contributed by atoms with Gasteiger partial charge in [-0.1, -0.05) is 17.7 Å². The first-order valence-corrected chi connectivity index (χ1v) is 6.67. The van der Waals surface area contributed by atoms with E-state index in [1.54, 1.807) is 0 Å². The third kappa shape index (κ3) is 3.52. The first-order chi connectivity index (χ1) is 9.10. The molecule has 2 aromatic rings. The molecule has 0 amide bonds. The van der Waals surface area contributed by atoms with E-state index in [0.29, 0.717) is 0 Å². The van der Waals surface area contributed by atoms with E-state index < -0.39 is 0 Å². The van der Waals surface area contributed by atoms with Crippen LogP contribution in [0.1, 0.15) is 17.1 Å². The molecule has 1 aromatic carbocycles. The Morgan fingerprint density at radius 1 is 1.26 bits per heavy atom. The molecule has 2 rings (SSSR count). The van der Waals surface area contributed by atoms with Gasteiger partial charge in [-0.3, -0.25) is 0 Å². The summed E-state index contributed by atoms with van der Waals surface area (Å²) in [5, 5.41) is 3.89. The normalized spacial score (nSPS) is 10.7. The van der Waals surface area contributed by atoms with Crippen LogP contribution >= 0.6 is 11.6 Å². The topological polar surface area (TPSA) is 28.4 Å². The summed E-state index contributed by atoms with van der Waals surface area (Å²) in [6.45, 7) is 3.46. The fraction of sp³-hybridized carbons (Fsp3) is 0.333. The molecular weight excluding hydrogens is 260 g/mol. The van der Waals surface area contributed by atoms with Crippen LogP contribution < -0.4 is 10.2 Å². The Morgan fingerprint density at radius 2 is 2.05 bits per heavy atom. The van der Waals surface area contributed by atoms with Crippen LogP contribution in [0.15, 0.2) is 34.7 Å². The third-order valence-electron chi connectivity index (χ3n) is 3.03. The molecular formula is C15H19ClN2O. The molecule has 0 unspecified atom stereocenters. The highest BCUT2D eigenvalue weighted by Crippen LogP contribution is 2.24. The molecule has 3 nitrogen and oxygen atoms in total. The number of hydrogen-bond acceptors (Lipinski definition) is 3. The molecule has 0 atom stereocenters. The van der Waals surface area contributed by atoms with Crippen molar-refractivity contribution in [3.05, 3.63) is 52.4 Å². The van der Waals surface area contributed by atoms with E-state index in [9.17, 15) is 0 Å². The predicted octanol–water partition coefficient (Wildman–Crippen LogP) is 3.60. The lowest BCUT2D eigenvalue weighted by Crippen LogP contribution is -2.16. The fourth-order valence-electron chi connectivity index (χ4n) is 2.00. The zero-order valence-corrected chi connectivity index (χ0v) is 12.3. The van der Waals surface area contributed by atoms with Crippen LogP contribution in [0.5, 0.6) is 0 Å². The second-order valence-electron chi connectivity index (χ2n) is 4.67. The summed E-state index contributed by atoms with van der Waals surface area (Å²) >= 11 is 6.27. The number of nitrogens with one attached hydrogen (secondary N) is 1. The van der Waals surface area contributed by atoms with E-state index in [2.05, 4.69) is 22.3 Å². The molecule has 4 heteroatoms. The van der Waals surface area contributed by atoms with Crippen LogP contribution in [-0.2, 0) is 13.1 Å². The first-order valence-electron chi connectivity index (χ1n) is 6.29. The van der Waals surface area contributed by atoms with Crippen LogP contribution in [0.4, 0.5) is 5.69 Å². The predicted molar refractivity (Wildman–Crippen MR) is 79.8 cm³/mol. The van der Waals surface area contributed by atoms with Crippen molar-refractivity contribution in [1.29, 1.82) is 0 Å². The van der Waals surface area contributed by atoms with E-state index in [1.807, 2.05) is 39.2 Å². The Labute approximate surface area is 119 Å². The first kappa shape index (κ1) is 14.0. The number of nitrogens with zero attached hydrogens (tertiary/aromatic N) is 1. The van der Waals surface area contributed by atoms with Gasteiger partial charge in [0, 0.05) is 24.3 Å². The minimum Gasteiger partial charge on any atom is -0.464 e. The van der Waals surface area contributed by atoms with Crippen LogP contribution in [0.3, 0.4) is 0 Å². The maximum absolute atomic E-state index is 6.27. The van der Waals surface area contributed by atoms with Crippen LogP contribution in [-0.4, -0.2) is 14.1 Å². The molecule has 1 heterocycles. The average molecular weight is 279 g/mol. The average Bonchev–Trinajstić information content (AvgIpc) is 2.77. The summed E-state index contributed by atoms with van der Waals surface area (Å²) in [4.78, 5) is 2.12. The lowest BCUT2D eigenvalue weighted by Gasteiger charge is -2.19. The van der Waals surface area contributed by atoms with Gasteiger partial charge in [-0.25, -0.2) is 0 Å². The summed E-state index contributed by atoms with van der Waals surface area (Å²) in [7, 11) is 3.94. The highest BCUT2D eigenvalue weighted by molar-refractivity contribution is 6.31. The molecule has 0 bridgehead atoms. The molecule has 1 aromatic heterocycles. The molecule has 19 heavy (non-hydrogen) atoms. The molecule has 0 aliphatic rings. The number of hydrogen-bond donors (Lipinski definition) is 1. The van der Waals surface area contributed by atoms with E-state index >= 15 is 0 Å². The van der Waals surface area contributed by atoms with Gasteiger partial charge in [0.05, 0.1) is 6.54 Å². The van der Waals surface area contributed by atoms with Crippen molar-refractivity contribution in [1.82, 2.24) is 5.32 Å². The third-order valence-corrected chi connectivity index (χ3v) is 3.39. The molecule has 0 saturated carbocycles. The van der Waals surface area contributed by atoms with Gasteiger partial charge in [-0.05, 0) is 43.8 Å². The molecule has 0 spiro atoms. The lowest BCUT2D eigenvalue weighted by molar-refractivity contribution is 0.482. The van der Waals surface area contributed by atoms with Crippen LogP contribution in [0, 0.1) is 6.92 Å². The Hall–Kier alpha value is -1.45. The number of anilines is 1. The molecule has 0 fully saturated rings. The lowest BCUT2D eigenvalue weighted by atomic mass is 10.2. The van der Waals surface area contributed by atoms with Crippen LogP contribution in [0.25, 0.3) is 0 Å². The van der Waals surface area contributed by atoms with E-state index in [-0.39, 0.29) is 0 Å². The summed E-state index contributed by atoms with van der Waals surface area (Å²) in [5.41, 5.74) is 2.19. The number of furan rings is 1. The van der Waals surface area contributed by atoms with Gasteiger partial charge >= 0.3 is 0 Å². The maximum Gasteiger partial charge on any atom is 0.123 e. The smallest absolute Gasteiger partial charge is 0.123 e.